The Bertz CT molecular complexity index is 167. The average molecular weight is 214 g/mol. The molecule has 88 valence electrons. The van der Waals surface area contributed by atoms with Gasteiger partial charge in [-0.1, -0.05) is 26.2 Å². The van der Waals surface area contributed by atoms with Crippen LogP contribution in [0.3, 0.4) is 0 Å². The summed E-state index contributed by atoms with van der Waals surface area (Å²) in [6.07, 6.45) is 7.02. The molecule has 3 nitrogen and oxygen atoms in total. The molecule has 0 saturated carbocycles. The number of rotatable bonds is 9. The summed E-state index contributed by atoms with van der Waals surface area (Å²) in [6.45, 7) is 1.90. The number of carbonyl (C=O) groups excluding carboxylic acids is 2. The van der Waals surface area contributed by atoms with Crippen LogP contribution in [0.25, 0.3) is 0 Å². The first-order valence-corrected chi connectivity index (χ1v) is 5.79. The third-order valence-corrected chi connectivity index (χ3v) is 2.46. The SMILES string of the molecule is CCC(=O)CCCCCCCC(=O)OC. The van der Waals surface area contributed by atoms with Crippen molar-refractivity contribution in [3.63, 3.8) is 0 Å². The molecule has 0 bridgehead atoms. The van der Waals surface area contributed by atoms with E-state index in [0.29, 0.717) is 25.0 Å². The van der Waals surface area contributed by atoms with Gasteiger partial charge in [0.05, 0.1) is 7.11 Å². The van der Waals surface area contributed by atoms with Gasteiger partial charge in [0, 0.05) is 19.3 Å². The van der Waals surface area contributed by atoms with Gasteiger partial charge in [0.15, 0.2) is 0 Å². The number of ether oxygens (including phenoxy) is 1. The lowest BCUT2D eigenvalue weighted by molar-refractivity contribution is -0.140. The Balaban J connectivity index is 3.11. The van der Waals surface area contributed by atoms with Crippen LogP contribution in [-0.4, -0.2) is 18.9 Å². The Labute approximate surface area is 92.2 Å². The zero-order valence-electron chi connectivity index (χ0n) is 9.88. The van der Waals surface area contributed by atoms with E-state index in [1.54, 1.807) is 0 Å². The minimum atomic E-state index is -0.129. The maximum Gasteiger partial charge on any atom is 0.305 e. The number of hydrogen-bond donors (Lipinski definition) is 0. The molecule has 0 aliphatic carbocycles. The summed E-state index contributed by atoms with van der Waals surface area (Å²) in [5.74, 6) is 0.223. The molecule has 0 aromatic heterocycles. The second-order valence-electron chi connectivity index (χ2n) is 3.74. The molecule has 0 amide bonds. The van der Waals surface area contributed by atoms with Crippen LogP contribution in [0.4, 0.5) is 0 Å². The average Bonchev–Trinajstić information content (AvgIpc) is 2.26. The maximum absolute atomic E-state index is 11.0. The van der Waals surface area contributed by atoms with Crippen LogP contribution in [0.2, 0.25) is 0 Å². The van der Waals surface area contributed by atoms with Crippen molar-refractivity contribution >= 4 is 11.8 Å². The molecule has 0 aromatic rings. The molecule has 0 saturated heterocycles. The highest BCUT2D eigenvalue weighted by atomic mass is 16.5. The van der Waals surface area contributed by atoms with Gasteiger partial charge < -0.3 is 4.74 Å². The zero-order chi connectivity index (χ0) is 11.5. The van der Waals surface area contributed by atoms with E-state index in [0.717, 1.165) is 32.1 Å². The number of esters is 1. The molecule has 0 fully saturated rings. The van der Waals surface area contributed by atoms with Gasteiger partial charge in [0.1, 0.15) is 5.78 Å². The smallest absolute Gasteiger partial charge is 0.305 e. The summed E-state index contributed by atoms with van der Waals surface area (Å²) in [4.78, 5) is 21.7. The summed E-state index contributed by atoms with van der Waals surface area (Å²) < 4.78 is 4.54. The standard InChI is InChI=1S/C12H22O3/c1-3-11(13)9-7-5-4-6-8-10-12(14)15-2/h3-10H2,1-2H3. The molecular weight excluding hydrogens is 192 g/mol. The van der Waals surface area contributed by atoms with Crippen molar-refractivity contribution in [2.75, 3.05) is 7.11 Å². The van der Waals surface area contributed by atoms with E-state index in [2.05, 4.69) is 4.74 Å². The number of ketones is 1. The molecule has 0 atom stereocenters. The maximum atomic E-state index is 11.0. The van der Waals surface area contributed by atoms with Gasteiger partial charge in [-0.25, -0.2) is 0 Å². The largest absolute Gasteiger partial charge is 0.469 e. The molecule has 0 unspecified atom stereocenters. The molecule has 0 heterocycles. The summed E-state index contributed by atoms with van der Waals surface area (Å²) in [7, 11) is 1.42. The first-order chi connectivity index (χ1) is 7.20. The van der Waals surface area contributed by atoms with Gasteiger partial charge in [-0.2, -0.15) is 0 Å². The fourth-order valence-corrected chi connectivity index (χ4v) is 1.40. The third-order valence-electron chi connectivity index (χ3n) is 2.46. The van der Waals surface area contributed by atoms with Crippen molar-refractivity contribution in [3.05, 3.63) is 0 Å². The number of unbranched alkanes of at least 4 members (excludes halogenated alkanes) is 4. The van der Waals surface area contributed by atoms with Crippen LogP contribution in [-0.2, 0) is 14.3 Å². The van der Waals surface area contributed by atoms with Gasteiger partial charge in [-0.15, -0.1) is 0 Å². The topological polar surface area (TPSA) is 43.4 Å². The van der Waals surface area contributed by atoms with Gasteiger partial charge in [0.2, 0.25) is 0 Å². The van der Waals surface area contributed by atoms with Crippen LogP contribution >= 0.6 is 0 Å². The van der Waals surface area contributed by atoms with Crippen molar-refractivity contribution in [1.29, 1.82) is 0 Å². The van der Waals surface area contributed by atoms with E-state index in [9.17, 15) is 9.59 Å². The van der Waals surface area contributed by atoms with E-state index in [1.165, 1.54) is 7.11 Å². The van der Waals surface area contributed by atoms with Gasteiger partial charge in [-0.05, 0) is 12.8 Å². The highest BCUT2D eigenvalue weighted by Gasteiger charge is 2.00. The second kappa shape index (κ2) is 9.69. The van der Waals surface area contributed by atoms with E-state index in [1.807, 2.05) is 6.92 Å². The quantitative estimate of drug-likeness (QED) is 0.438. The Kier molecular flexibility index (Phi) is 9.13. The molecule has 0 aromatic carbocycles. The summed E-state index contributed by atoms with van der Waals surface area (Å²) in [6, 6.07) is 0. The Hall–Kier alpha value is -0.860. The first-order valence-electron chi connectivity index (χ1n) is 5.79. The van der Waals surface area contributed by atoms with E-state index < -0.39 is 0 Å². The molecular formula is C12H22O3. The summed E-state index contributed by atoms with van der Waals surface area (Å²) in [5, 5.41) is 0. The van der Waals surface area contributed by atoms with Gasteiger partial charge in [-0.3, -0.25) is 9.59 Å². The molecule has 0 aliphatic heterocycles. The molecule has 0 radical (unpaired) electrons. The van der Waals surface area contributed by atoms with Crippen molar-refractivity contribution in [1.82, 2.24) is 0 Å². The van der Waals surface area contributed by atoms with Crippen LogP contribution in [0.1, 0.15) is 58.3 Å². The molecule has 0 aliphatic rings. The monoisotopic (exact) mass is 214 g/mol. The highest BCUT2D eigenvalue weighted by molar-refractivity contribution is 5.77. The minimum absolute atomic E-state index is 0.129. The highest BCUT2D eigenvalue weighted by Crippen LogP contribution is 2.08. The van der Waals surface area contributed by atoms with E-state index >= 15 is 0 Å². The number of carbonyl (C=O) groups is 2. The van der Waals surface area contributed by atoms with Crippen molar-refractivity contribution in [3.8, 4) is 0 Å². The van der Waals surface area contributed by atoms with Crippen molar-refractivity contribution < 1.29 is 14.3 Å². The number of Topliss-reactive ketones (excluding diaryl/α,β-unsaturated/α-hetero) is 1. The molecule has 0 rings (SSSR count). The van der Waals surface area contributed by atoms with Crippen LogP contribution in [0.15, 0.2) is 0 Å². The summed E-state index contributed by atoms with van der Waals surface area (Å²) in [5.41, 5.74) is 0. The van der Waals surface area contributed by atoms with E-state index in [-0.39, 0.29) is 5.97 Å². The third kappa shape index (κ3) is 9.44. The Morgan fingerprint density at radius 3 is 2.00 bits per heavy atom. The molecule has 3 heteroatoms. The fourth-order valence-electron chi connectivity index (χ4n) is 1.40. The van der Waals surface area contributed by atoms with Crippen molar-refractivity contribution in [2.45, 2.75) is 58.3 Å². The lowest BCUT2D eigenvalue weighted by Crippen LogP contribution is -1.99. The van der Waals surface area contributed by atoms with Gasteiger partial charge in [0.25, 0.3) is 0 Å². The Morgan fingerprint density at radius 1 is 0.933 bits per heavy atom. The number of hydrogen-bond acceptors (Lipinski definition) is 3. The van der Waals surface area contributed by atoms with E-state index in [4.69, 9.17) is 0 Å². The fraction of sp³-hybridized carbons (Fsp3) is 0.833. The van der Waals surface area contributed by atoms with Crippen LogP contribution < -0.4 is 0 Å². The van der Waals surface area contributed by atoms with Crippen molar-refractivity contribution in [2.24, 2.45) is 0 Å². The van der Waals surface area contributed by atoms with Crippen LogP contribution in [0, 0.1) is 0 Å². The molecule has 0 spiro atoms. The zero-order valence-corrected chi connectivity index (χ0v) is 9.88. The summed E-state index contributed by atoms with van der Waals surface area (Å²) >= 11 is 0. The lowest BCUT2D eigenvalue weighted by atomic mass is 10.1. The lowest BCUT2D eigenvalue weighted by Gasteiger charge is -2.00. The molecule has 15 heavy (non-hydrogen) atoms. The normalized spacial score (nSPS) is 10.0. The first kappa shape index (κ1) is 14.1. The minimum Gasteiger partial charge on any atom is -0.469 e. The molecule has 0 N–H and O–H groups in total. The second-order valence-corrected chi connectivity index (χ2v) is 3.74. The van der Waals surface area contributed by atoms with Crippen LogP contribution in [0.5, 0.6) is 0 Å². The predicted molar refractivity (Wildman–Crippen MR) is 59.6 cm³/mol. The predicted octanol–water partition coefficient (Wildman–Crippen LogP) is 2.87. The Morgan fingerprint density at radius 2 is 1.47 bits per heavy atom. The van der Waals surface area contributed by atoms with Gasteiger partial charge >= 0.3 is 5.97 Å². The number of methoxy groups -OCH3 is 1.